The van der Waals surface area contributed by atoms with Gasteiger partial charge in [-0.25, -0.2) is 4.79 Å². The van der Waals surface area contributed by atoms with Crippen molar-refractivity contribution in [3.63, 3.8) is 0 Å². The lowest BCUT2D eigenvalue weighted by Crippen LogP contribution is -2.44. The number of rotatable bonds is 12. The number of cyclic esters (lactones) is 1. The molecule has 1 aliphatic rings. The predicted molar refractivity (Wildman–Crippen MR) is 219 cm³/mol. The topological polar surface area (TPSA) is 120 Å². The van der Waals surface area contributed by atoms with Gasteiger partial charge in [0.15, 0.2) is 0 Å². The summed E-state index contributed by atoms with van der Waals surface area (Å²) in [5.41, 5.74) is 4.46. The third-order valence-electron chi connectivity index (χ3n) is 8.68. The van der Waals surface area contributed by atoms with Crippen LogP contribution in [-0.2, 0) is 39.4 Å². The van der Waals surface area contributed by atoms with E-state index in [9.17, 15) is 18.6 Å². The Labute approximate surface area is 321 Å². The zero-order chi connectivity index (χ0) is 39.8. The van der Waals surface area contributed by atoms with Gasteiger partial charge in [-0.1, -0.05) is 110 Å². The molecule has 10 heteroatoms. The second-order valence-electron chi connectivity index (χ2n) is 13.7. The molecule has 1 rings (SSSR count). The zero-order valence-corrected chi connectivity index (χ0v) is 34.4. The molecular weight excluding hydrogens is 689 g/mol. The summed E-state index contributed by atoms with van der Waals surface area (Å²) in [6.07, 6.45) is 30.4. The van der Waals surface area contributed by atoms with Gasteiger partial charge in [0, 0.05) is 55.1 Å². The second kappa shape index (κ2) is 26.8. The average molecular weight is 753 g/mol. The van der Waals surface area contributed by atoms with Gasteiger partial charge in [0.1, 0.15) is 12.1 Å². The Bertz CT molecular complexity index is 1480. The molecule has 0 saturated heterocycles. The molecule has 0 aromatic rings. The summed E-state index contributed by atoms with van der Waals surface area (Å²) >= 11 is 0. The molecule has 294 valence electrons. The number of esters is 1. The van der Waals surface area contributed by atoms with Crippen molar-refractivity contribution >= 4 is 29.1 Å². The predicted octanol–water partition coefficient (Wildman–Crippen LogP) is 7.34. The quantitative estimate of drug-likeness (QED) is 0.122. The van der Waals surface area contributed by atoms with Gasteiger partial charge >= 0.3 is 5.97 Å². The molecule has 1 unspecified atom stereocenters. The molecule has 0 aromatic heterocycles. The van der Waals surface area contributed by atoms with Crippen molar-refractivity contribution in [1.82, 2.24) is 10.6 Å². The van der Waals surface area contributed by atoms with E-state index in [1.54, 1.807) is 27.4 Å². The number of methoxy groups -OCH3 is 2. The van der Waals surface area contributed by atoms with E-state index in [4.69, 9.17) is 14.2 Å². The lowest BCUT2D eigenvalue weighted by Gasteiger charge is -2.23. The first kappa shape index (κ1) is 47.2. The van der Waals surface area contributed by atoms with Crippen molar-refractivity contribution in [2.75, 3.05) is 32.8 Å². The molecule has 0 spiro atoms. The molecule has 0 aliphatic carbocycles. The van der Waals surface area contributed by atoms with Gasteiger partial charge in [0.25, 0.3) is 0 Å². The minimum absolute atomic E-state index is 0.0114. The lowest BCUT2D eigenvalue weighted by molar-refractivity contribution is -0.144. The van der Waals surface area contributed by atoms with Crippen LogP contribution in [0.15, 0.2) is 107 Å². The van der Waals surface area contributed by atoms with E-state index in [1.807, 2.05) is 83.2 Å². The van der Waals surface area contributed by atoms with Crippen LogP contribution in [0.25, 0.3) is 0 Å². The normalized spacial score (nSPS) is 29.9. The third kappa shape index (κ3) is 20.8. The van der Waals surface area contributed by atoms with Crippen LogP contribution in [0.4, 0.5) is 0 Å². The summed E-state index contributed by atoms with van der Waals surface area (Å²) in [4.78, 5) is 37.2. The van der Waals surface area contributed by atoms with E-state index < -0.39 is 28.9 Å². The highest BCUT2D eigenvalue weighted by molar-refractivity contribution is 7.84. The van der Waals surface area contributed by atoms with Gasteiger partial charge in [-0.05, 0) is 71.8 Å². The summed E-state index contributed by atoms with van der Waals surface area (Å²) in [5, 5.41) is 5.33. The molecule has 53 heavy (non-hydrogen) atoms. The Morgan fingerprint density at radius 3 is 2.36 bits per heavy atom. The SMILES string of the molecule is CO[C@@H]1/C=C(C)/C=C/[C@@H](C)/C=C(\C)C(=O)O[C@H](/C(C)=C/C=C(\C)CNC(=O)[C@H](CCS(C)=O)NC=O)[C@@H](C)/C=C/C=C/[C@@H](OC)CC/C=C(C)\C=C\C1. The number of hydrogen-bond acceptors (Lipinski definition) is 7. The Morgan fingerprint density at radius 1 is 1.00 bits per heavy atom. The second-order valence-corrected chi connectivity index (χ2v) is 15.2. The Morgan fingerprint density at radius 2 is 1.70 bits per heavy atom. The molecule has 1 aliphatic heterocycles. The van der Waals surface area contributed by atoms with E-state index in [1.165, 1.54) is 5.57 Å². The summed E-state index contributed by atoms with van der Waals surface area (Å²) in [6.45, 7) is 14.0. The highest BCUT2D eigenvalue weighted by Gasteiger charge is 2.23. The maximum atomic E-state index is 13.5. The standard InChI is InChI=1S/C43H64N2O7S/c1-31-15-13-19-38(50-8)18-12-11-17-35(5)41(36(6)24-23-34(4)29-44-42(47)40(45-30-46)25-26-53(10)49)52-43(48)37(7)27-32(2)21-22-33(3)28-39(51-9)20-14-16-31/h11-12,14-18,21-24,27-28,30,32,35,38-41H,13,19-20,25-26,29H2,1-10H3,(H,44,47)(H,45,46)/b16-14+,17-11+,18-12+,22-21+,31-15-,33-28+,34-23+,36-24+,37-27+/t32-,35+,38-,39+,40+,41+,53?/m1/s1. The molecule has 9 nitrogen and oxygen atoms in total. The molecule has 0 aromatic carbocycles. The highest BCUT2D eigenvalue weighted by atomic mass is 32.2. The minimum Gasteiger partial charge on any atom is -0.454 e. The van der Waals surface area contributed by atoms with Crippen molar-refractivity contribution in [2.45, 2.75) is 98.5 Å². The minimum atomic E-state index is -1.08. The Kier molecular flexibility index (Phi) is 23.9. The van der Waals surface area contributed by atoms with Gasteiger partial charge < -0.3 is 24.8 Å². The maximum absolute atomic E-state index is 13.5. The number of nitrogens with one attached hydrogen (secondary N) is 2. The number of allylic oxidation sites excluding steroid dienone is 11. The Balaban J connectivity index is 3.38. The molecule has 2 amide bonds. The molecule has 0 fully saturated rings. The van der Waals surface area contributed by atoms with Crippen molar-refractivity contribution in [3.05, 3.63) is 107 Å². The summed E-state index contributed by atoms with van der Waals surface area (Å²) in [7, 11) is 2.34. The molecule has 7 atom stereocenters. The van der Waals surface area contributed by atoms with Gasteiger partial charge in [0.05, 0.1) is 12.2 Å². The molecule has 0 radical (unpaired) electrons. The fraction of sp³-hybridized carbons (Fsp3) is 0.512. The van der Waals surface area contributed by atoms with Crippen molar-refractivity contribution in [3.8, 4) is 0 Å². The van der Waals surface area contributed by atoms with Gasteiger partial charge in [-0.15, -0.1) is 0 Å². The molecule has 1 heterocycles. The molecule has 0 saturated carbocycles. The van der Waals surface area contributed by atoms with E-state index in [0.717, 1.165) is 36.0 Å². The number of ether oxygens (including phenoxy) is 3. The van der Waals surface area contributed by atoms with Crippen LogP contribution in [-0.4, -0.2) is 79.6 Å². The smallest absolute Gasteiger partial charge is 0.334 e. The summed E-state index contributed by atoms with van der Waals surface area (Å²) < 4.78 is 29.0. The van der Waals surface area contributed by atoms with Crippen molar-refractivity contribution < 1.29 is 32.8 Å². The van der Waals surface area contributed by atoms with Crippen LogP contribution in [0.1, 0.15) is 74.1 Å². The maximum Gasteiger partial charge on any atom is 0.334 e. The monoisotopic (exact) mass is 752 g/mol. The summed E-state index contributed by atoms with van der Waals surface area (Å²) in [6, 6.07) is -0.762. The molecule has 2 N–H and O–H groups in total. The number of carbonyl (C=O) groups is 3. The van der Waals surface area contributed by atoms with Crippen molar-refractivity contribution in [1.29, 1.82) is 0 Å². The van der Waals surface area contributed by atoms with E-state index >= 15 is 0 Å². The van der Waals surface area contributed by atoms with Gasteiger partial charge in [-0.3, -0.25) is 13.8 Å². The van der Waals surface area contributed by atoms with Crippen LogP contribution in [0.5, 0.6) is 0 Å². The fourth-order valence-electron chi connectivity index (χ4n) is 5.41. The first-order valence-corrected chi connectivity index (χ1v) is 20.0. The van der Waals surface area contributed by atoms with E-state index in [2.05, 4.69) is 47.9 Å². The number of carbonyl (C=O) groups excluding carboxylic acids is 3. The van der Waals surface area contributed by atoms with Crippen molar-refractivity contribution in [2.24, 2.45) is 11.8 Å². The zero-order valence-electron chi connectivity index (χ0n) is 33.6. The van der Waals surface area contributed by atoms with Gasteiger partial charge in [0.2, 0.25) is 12.3 Å². The van der Waals surface area contributed by atoms with Crippen LogP contribution >= 0.6 is 0 Å². The molecular formula is C43H64N2O7S. The third-order valence-corrected chi connectivity index (χ3v) is 9.49. The number of amides is 2. The number of hydrogen-bond donors (Lipinski definition) is 2. The first-order chi connectivity index (χ1) is 25.2. The lowest BCUT2D eigenvalue weighted by atomic mass is 9.96. The Hall–Kier alpha value is -3.86. The molecule has 0 bridgehead atoms. The van der Waals surface area contributed by atoms with E-state index in [0.29, 0.717) is 17.7 Å². The van der Waals surface area contributed by atoms with E-state index in [-0.39, 0.29) is 42.9 Å². The fourth-order valence-corrected chi connectivity index (χ4v) is 5.98. The van der Waals surface area contributed by atoms with Gasteiger partial charge in [-0.2, -0.15) is 0 Å². The van der Waals surface area contributed by atoms with Crippen LogP contribution < -0.4 is 10.6 Å². The van der Waals surface area contributed by atoms with Crippen LogP contribution in [0, 0.1) is 11.8 Å². The largest absolute Gasteiger partial charge is 0.454 e. The van der Waals surface area contributed by atoms with Crippen LogP contribution in [0.2, 0.25) is 0 Å². The van der Waals surface area contributed by atoms with Crippen LogP contribution in [0.3, 0.4) is 0 Å². The highest BCUT2D eigenvalue weighted by Crippen LogP contribution is 2.21. The first-order valence-electron chi connectivity index (χ1n) is 18.3. The average Bonchev–Trinajstić information content (AvgIpc) is 3.12. The summed E-state index contributed by atoms with van der Waals surface area (Å²) in [5.74, 6) is -0.619.